The van der Waals surface area contributed by atoms with E-state index in [0.717, 1.165) is 11.1 Å². The van der Waals surface area contributed by atoms with Gasteiger partial charge in [-0.2, -0.15) is 0 Å². The first kappa shape index (κ1) is 15.1. The maximum Gasteiger partial charge on any atom is 0.175 e. The molecule has 5 heteroatoms. The molecule has 0 fully saturated rings. The molecule has 0 saturated carbocycles. The largest absolute Gasteiger partial charge is 0.332 e. The second kappa shape index (κ2) is 6.53. The van der Waals surface area contributed by atoms with Crippen molar-refractivity contribution in [2.45, 2.75) is 0 Å². The predicted molar refractivity (Wildman–Crippen MR) is 100 cm³/mol. The summed E-state index contributed by atoms with van der Waals surface area (Å²) in [6.45, 7) is 0. The average Bonchev–Trinajstić information content (AvgIpc) is 2.50. The molecule has 0 amide bonds. The van der Waals surface area contributed by atoms with E-state index in [0.29, 0.717) is 20.8 Å². The van der Waals surface area contributed by atoms with Crippen molar-refractivity contribution in [3.63, 3.8) is 0 Å². The minimum Gasteiger partial charge on any atom is -0.332 e. The summed E-state index contributed by atoms with van der Waals surface area (Å²) in [4.78, 5) is 0. The van der Waals surface area contributed by atoms with Crippen LogP contribution in [0.1, 0.15) is 0 Å². The minimum absolute atomic E-state index is 0.472. The first-order valence-corrected chi connectivity index (χ1v) is 7.80. The zero-order valence-electron chi connectivity index (χ0n) is 11.4. The Bertz CT molecular complexity index is 849. The molecule has 0 aliphatic heterocycles. The summed E-state index contributed by atoms with van der Waals surface area (Å²) >= 11 is 17.3. The number of thiocarbonyl (C=S) groups is 1. The van der Waals surface area contributed by atoms with Gasteiger partial charge in [0.2, 0.25) is 0 Å². The monoisotopic (exact) mass is 346 g/mol. The summed E-state index contributed by atoms with van der Waals surface area (Å²) < 4.78 is 0. The number of nitrogens with one attached hydrogen (secondary N) is 2. The van der Waals surface area contributed by atoms with Gasteiger partial charge in [-0.05, 0) is 53.3 Å². The smallest absolute Gasteiger partial charge is 0.175 e. The van der Waals surface area contributed by atoms with E-state index in [1.54, 1.807) is 18.2 Å². The minimum atomic E-state index is 0.472. The van der Waals surface area contributed by atoms with Gasteiger partial charge in [0.15, 0.2) is 5.11 Å². The quantitative estimate of drug-likeness (QED) is 0.560. The first-order valence-electron chi connectivity index (χ1n) is 6.64. The number of benzene rings is 3. The fourth-order valence-corrected chi connectivity index (χ4v) is 2.83. The second-order valence-corrected chi connectivity index (χ2v) is 6.02. The third-order valence-electron chi connectivity index (χ3n) is 3.19. The zero-order chi connectivity index (χ0) is 15.5. The maximum atomic E-state index is 6.12. The van der Waals surface area contributed by atoms with E-state index < -0.39 is 0 Å². The Morgan fingerprint density at radius 3 is 2.36 bits per heavy atom. The van der Waals surface area contributed by atoms with Gasteiger partial charge in [-0.1, -0.05) is 53.5 Å². The lowest BCUT2D eigenvalue weighted by Crippen LogP contribution is -2.19. The SMILES string of the molecule is S=C(Nc1ccc2ccccc2c1)Nc1ccc(Cl)cc1Cl. The summed E-state index contributed by atoms with van der Waals surface area (Å²) in [6, 6.07) is 19.5. The predicted octanol–water partition coefficient (Wildman–Crippen LogP) is 5.96. The highest BCUT2D eigenvalue weighted by Crippen LogP contribution is 2.26. The van der Waals surface area contributed by atoms with Crippen molar-refractivity contribution in [3.05, 3.63) is 70.7 Å². The first-order chi connectivity index (χ1) is 10.6. The maximum absolute atomic E-state index is 6.12. The fourth-order valence-electron chi connectivity index (χ4n) is 2.14. The summed E-state index contributed by atoms with van der Waals surface area (Å²) in [7, 11) is 0. The van der Waals surface area contributed by atoms with Crippen LogP contribution in [0, 0.1) is 0 Å². The van der Waals surface area contributed by atoms with Gasteiger partial charge in [0.25, 0.3) is 0 Å². The second-order valence-electron chi connectivity index (χ2n) is 4.77. The molecule has 110 valence electrons. The van der Waals surface area contributed by atoms with E-state index >= 15 is 0 Å². The Hall–Kier alpha value is -1.81. The van der Waals surface area contributed by atoms with Crippen molar-refractivity contribution in [2.24, 2.45) is 0 Å². The molecule has 0 unspecified atom stereocenters. The van der Waals surface area contributed by atoms with Crippen molar-refractivity contribution < 1.29 is 0 Å². The number of fused-ring (bicyclic) bond motifs is 1. The van der Waals surface area contributed by atoms with Crippen LogP contribution >= 0.6 is 35.4 Å². The Kier molecular flexibility index (Phi) is 4.48. The molecule has 2 N–H and O–H groups in total. The van der Waals surface area contributed by atoms with Crippen molar-refractivity contribution in [2.75, 3.05) is 10.6 Å². The Balaban J connectivity index is 1.75. The third kappa shape index (κ3) is 3.50. The van der Waals surface area contributed by atoms with E-state index in [1.807, 2.05) is 24.3 Å². The lowest BCUT2D eigenvalue weighted by Gasteiger charge is -2.12. The number of hydrogen-bond donors (Lipinski definition) is 2. The number of hydrogen-bond acceptors (Lipinski definition) is 1. The van der Waals surface area contributed by atoms with Crippen molar-refractivity contribution in [1.82, 2.24) is 0 Å². The Labute approximate surface area is 144 Å². The molecule has 0 spiro atoms. The highest BCUT2D eigenvalue weighted by molar-refractivity contribution is 7.80. The average molecular weight is 347 g/mol. The van der Waals surface area contributed by atoms with Crippen molar-refractivity contribution in [3.8, 4) is 0 Å². The highest BCUT2D eigenvalue weighted by Gasteiger charge is 2.04. The molecule has 3 aromatic rings. The summed E-state index contributed by atoms with van der Waals surface area (Å²) in [5.41, 5.74) is 1.63. The molecule has 0 bridgehead atoms. The molecule has 3 aromatic carbocycles. The Morgan fingerprint density at radius 1 is 0.818 bits per heavy atom. The molecule has 0 aromatic heterocycles. The van der Waals surface area contributed by atoms with Crippen LogP contribution < -0.4 is 10.6 Å². The lowest BCUT2D eigenvalue weighted by molar-refractivity contribution is 1.61. The Morgan fingerprint density at radius 2 is 1.59 bits per heavy atom. The van der Waals surface area contributed by atoms with Crippen molar-refractivity contribution >= 4 is 62.7 Å². The van der Waals surface area contributed by atoms with Crippen LogP contribution in [0.25, 0.3) is 10.8 Å². The van der Waals surface area contributed by atoms with Gasteiger partial charge in [0.1, 0.15) is 0 Å². The van der Waals surface area contributed by atoms with E-state index in [4.69, 9.17) is 35.4 Å². The molecule has 3 rings (SSSR count). The van der Waals surface area contributed by atoms with Gasteiger partial charge < -0.3 is 10.6 Å². The third-order valence-corrected chi connectivity index (χ3v) is 3.94. The normalized spacial score (nSPS) is 10.5. The van der Waals surface area contributed by atoms with Gasteiger partial charge in [-0.3, -0.25) is 0 Å². The molecular weight excluding hydrogens is 335 g/mol. The standard InChI is InChI=1S/C17H12Cl2N2S/c18-13-6-8-16(15(19)10-13)21-17(22)20-14-7-5-11-3-1-2-4-12(11)9-14/h1-10H,(H2,20,21,22). The molecule has 2 nitrogen and oxygen atoms in total. The van der Waals surface area contributed by atoms with Gasteiger partial charge >= 0.3 is 0 Å². The number of halogens is 2. The molecule has 0 radical (unpaired) electrons. The van der Waals surface area contributed by atoms with Gasteiger partial charge in [-0.15, -0.1) is 0 Å². The van der Waals surface area contributed by atoms with Crippen LogP contribution in [0.15, 0.2) is 60.7 Å². The van der Waals surface area contributed by atoms with Crippen LogP contribution in [-0.4, -0.2) is 5.11 Å². The van der Waals surface area contributed by atoms with Crippen LogP contribution in [-0.2, 0) is 0 Å². The molecule has 0 saturated heterocycles. The summed E-state index contributed by atoms with van der Waals surface area (Å²) in [6.07, 6.45) is 0. The highest BCUT2D eigenvalue weighted by atomic mass is 35.5. The van der Waals surface area contributed by atoms with Crippen LogP contribution in [0.4, 0.5) is 11.4 Å². The molecule has 0 atom stereocenters. The topological polar surface area (TPSA) is 24.1 Å². The van der Waals surface area contributed by atoms with E-state index in [-0.39, 0.29) is 0 Å². The van der Waals surface area contributed by atoms with E-state index in [2.05, 4.69) is 28.8 Å². The lowest BCUT2D eigenvalue weighted by atomic mass is 10.1. The van der Waals surface area contributed by atoms with Gasteiger partial charge in [-0.25, -0.2) is 0 Å². The van der Waals surface area contributed by atoms with E-state index in [1.165, 1.54) is 5.39 Å². The number of anilines is 2. The van der Waals surface area contributed by atoms with Crippen LogP contribution in [0.2, 0.25) is 10.0 Å². The number of rotatable bonds is 2. The summed E-state index contributed by atoms with van der Waals surface area (Å²) in [5, 5.41) is 10.1. The van der Waals surface area contributed by atoms with Gasteiger partial charge in [0.05, 0.1) is 10.7 Å². The van der Waals surface area contributed by atoms with Crippen molar-refractivity contribution in [1.29, 1.82) is 0 Å². The van der Waals surface area contributed by atoms with E-state index in [9.17, 15) is 0 Å². The zero-order valence-corrected chi connectivity index (χ0v) is 13.8. The summed E-state index contributed by atoms with van der Waals surface area (Å²) in [5.74, 6) is 0. The molecule has 0 heterocycles. The van der Waals surface area contributed by atoms with Crippen LogP contribution in [0.3, 0.4) is 0 Å². The van der Waals surface area contributed by atoms with Gasteiger partial charge in [0, 0.05) is 10.7 Å². The molecule has 0 aliphatic rings. The van der Waals surface area contributed by atoms with Crippen LogP contribution in [0.5, 0.6) is 0 Å². The molecule has 22 heavy (non-hydrogen) atoms. The molecular formula is C17H12Cl2N2S. The molecule has 0 aliphatic carbocycles. The fraction of sp³-hybridized carbons (Fsp3) is 0.